The number of nitrogens with zero attached hydrogens (tertiary/aromatic N) is 2. The van der Waals surface area contributed by atoms with Gasteiger partial charge in [-0.05, 0) is 44.7 Å². The van der Waals surface area contributed by atoms with E-state index in [0.717, 1.165) is 44.9 Å². The highest BCUT2D eigenvalue weighted by molar-refractivity contribution is 5.30. The van der Waals surface area contributed by atoms with Crippen LogP contribution in [0.15, 0.2) is 17.2 Å². The van der Waals surface area contributed by atoms with Crippen LogP contribution in [0.4, 0.5) is 5.82 Å². The summed E-state index contributed by atoms with van der Waals surface area (Å²) in [7, 11) is 0. The van der Waals surface area contributed by atoms with Gasteiger partial charge in [0.25, 0.3) is 5.56 Å². The molecule has 2 N–H and O–H groups in total. The van der Waals surface area contributed by atoms with Crippen LogP contribution in [0.3, 0.4) is 0 Å². The molecular formula is C14H24N4O. The molecule has 0 bridgehead atoms. The summed E-state index contributed by atoms with van der Waals surface area (Å²) >= 11 is 0. The molecule has 1 aliphatic heterocycles. The Morgan fingerprint density at radius 2 is 2.47 bits per heavy atom. The van der Waals surface area contributed by atoms with Crippen LogP contribution in [0.5, 0.6) is 0 Å². The van der Waals surface area contributed by atoms with E-state index in [1.807, 2.05) is 0 Å². The van der Waals surface area contributed by atoms with Crippen molar-refractivity contribution in [2.45, 2.75) is 39.2 Å². The van der Waals surface area contributed by atoms with E-state index in [1.165, 1.54) is 12.8 Å². The second kappa shape index (κ2) is 7.28. The number of hydrogen-bond donors (Lipinski definition) is 2. The van der Waals surface area contributed by atoms with Gasteiger partial charge in [0, 0.05) is 25.5 Å². The van der Waals surface area contributed by atoms with Gasteiger partial charge in [0.05, 0.1) is 0 Å². The van der Waals surface area contributed by atoms with E-state index in [0.29, 0.717) is 5.82 Å². The molecule has 1 aromatic rings. The number of anilines is 1. The third-order valence-corrected chi connectivity index (χ3v) is 3.62. The van der Waals surface area contributed by atoms with Crippen LogP contribution in [0.25, 0.3) is 0 Å². The van der Waals surface area contributed by atoms with Gasteiger partial charge in [0.1, 0.15) is 0 Å². The van der Waals surface area contributed by atoms with Crippen molar-refractivity contribution in [1.82, 2.24) is 14.9 Å². The highest BCUT2D eigenvalue weighted by Crippen LogP contribution is 2.13. The van der Waals surface area contributed by atoms with Crippen molar-refractivity contribution < 1.29 is 0 Å². The first-order valence-corrected chi connectivity index (χ1v) is 7.31. The molecule has 5 nitrogen and oxygen atoms in total. The van der Waals surface area contributed by atoms with Crippen molar-refractivity contribution in [3.8, 4) is 0 Å². The molecule has 0 aliphatic carbocycles. The molecule has 0 aromatic carbocycles. The normalized spacial score (nSPS) is 19.3. The quantitative estimate of drug-likeness (QED) is 0.816. The average Bonchev–Trinajstić information content (AvgIpc) is 2.44. The molecular weight excluding hydrogens is 240 g/mol. The second-order valence-electron chi connectivity index (χ2n) is 5.20. The van der Waals surface area contributed by atoms with Gasteiger partial charge in [0.2, 0.25) is 0 Å². The summed E-state index contributed by atoms with van der Waals surface area (Å²) in [5.41, 5.74) is -0.00822. The largest absolute Gasteiger partial charge is 0.365 e. The maximum atomic E-state index is 12.1. The van der Waals surface area contributed by atoms with E-state index in [4.69, 9.17) is 0 Å². The number of rotatable bonds is 6. The van der Waals surface area contributed by atoms with Crippen LogP contribution < -0.4 is 16.2 Å². The van der Waals surface area contributed by atoms with Crippen LogP contribution in [-0.4, -0.2) is 29.2 Å². The molecule has 5 heteroatoms. The lowest BCUT2D eigenvalue weighted by atomic mass is 9.96. The van der Waals surface area contributed by atoms with Gasteiger partial charge >= 0.3 is 0 Å². The lowest BCUT2D eigenvalue weighted by molar-refractivity contribution is 0.364. The van der Waals surface area contributed by atoms with Crippen molar-refractivity contribution in [3.63, 3.8) is 0 Å². The molecule has 1 unspecified atom stereocenters. The fraction of sp³-hybridized carbons (Fsp3) is 0.714. The highest BCUT2D eigenvalue weighted by Gasteiger charge is 2.12. The lowest BCUT2D eigenvalue weighted by Gasteiger charge is -2.22. The fourth-order valence-corrected chi connectivity index (χ4v) is 2.55. The summed E-state index contributed by atoms with van der Waals surface area (Å²) in [6.45, 7) is 5.89. The van der Waals surface area contributed by atoms with Crippen molar-refractivity contribution >= 4 is 5.82 Å². The van der Waals surface area contributed by atoms with E-state index in [2.05, 4.69) is 22.5 Å². The van der Waals surface area contributed by atoms with E-state index in [1.54, 1.807) is 17.0 Å². The zero-order valence-electron chi connectivity index (χ0n) is 11.7. The summed E-state index contributed by atoms with van der Waals surface area (Å²) in [4.78, 5) is 16.2. The minimum atomic E-state index is -0.00822. The monoisotopic (exact) mass is 264 g/mol. The Morgan fingerprint density at radius 3 is 3.21 bits per heavy atom. The summed E-state index contributed by atoms with van der Waals surface area (Å²) in [6, 6.07) is 0. The second-order valence-corrected chi connectivity index (χ2v) is 5.20. The van der Waals surface area contributed by atoms with Crippen LogP contribution in [0.2, 0.25) is 0 Å². The third kappa shape index (κ3) is 4.06. The van der Waals surface area contributed by atoms with Gasteiger partial charge < -0.3 is 15.2 Å². The molecule has 1 fully saturated rings. The zero-order chi connectivity index (χ0) is 13.5. The van der Waals surface area contributed by atoms with Gasteiger partial charge in [0.15, 0.2) is 5.82 Å². The Labute approximate surface area is 114 Å². The molecule has 1 aromatic heterocycles. The third-order valence-electron chi connectivity index (χ3n) is 3.62. The Kier molecular flexibility index (Phi) is 5.39. The zero-order valence-corrected chi connectivity index (χ0v) is 11.7. The van der Waals surface area contributed by atoms with E-state index >= 15 is 0 Å². The molecule has 0 spiro atoms. The predicted octanol–water partition coefficient (Wildman–Crippen LogP) is 1.45. The molecule has 106 valence electrons. The van der Waals surface area contributed by atoms with Gasteiger partial charge in [-0.15, -0.1) is 0 Å². The first kappa shape index (κ1) is 14.1. The number of aryl methyl sites for hydroxylation is 1. The smallest absolute Gasteiger partial charge is 0.293 e. The number of nitrogens with one attached hydrogen (secondary N) is 2. The number of piperidine rings is 1. The van der Waals surface area contributed by atoms with E-state index < -0.39 is 0 Å². The first-order chi connectivity index (χ1) is 9.31. The fourth-order valence-electron chi connectivity index (χ4n) is 2.55. The summed E-state index contributed by atoms with van der Waals surface area (Å²) in [6.07, 6.45) is 8.05. The number of hydrogen-bond acceptors (Lipinski definition) is 4. The van der Waals surface area contributed by atoms with Crippen LogP contribution in [-0.2, 0) is 6.54 Å². The van der Waals surface area contributed by atoms with Gasteiger partial charge in [-0.3, -0.25) is 4.79 Å². The lowest BCUT2D eigenvalue weighted by Crippen LogP contribution is -2.31. The van der Waals surface area contributed by atoms with Crippen LogP contribution in [0.1, 0.15) is 32.6 Å². The minimum Gasteiger partial charge on any atom is -0.365 e. The van der Waals surface area contributed by atoms with Crippen molar-refractivity contribution in [2.24, 2.45) is 5.92 Å². The van der Waals surface area contributed by atoms with Crippen LogP contribution in [0, 0.1) is 5.92 Å². The number of aromatic nitrogens is 2. The van der Waals surface area contributed by atoms with Crippen molar-refractivity contribution in [1.29, 1.82) is 0 Å². The molecule has 0 radical (unpaired) electrons. The van der Waals surface area contributed by atoms with Gasteiger partial charge in [-0.25, -0.2) is 4.98 Å². The maximum absolute atomic E-state index is 12.1. The minimum absolute atomic E-state index is 0.00822. The standard InChI is InChI=1S/C14H24N4O/c1-2-9-18-10-8-17-13(14(18)19)16-7-5-12-4-3-6-15-11-12/h8,10,12,15H,2-7,9,11H2,1H3,(H,16,17). The molecule has 2 heterocycles. The summed E-state index contributed by atoms with van der Waals surface area (Å²) in [5.74, 6) is 1.21. The molecule has 1 saturated heterocycles. The van der Waals surface area contributed by atoms with E-state index in [-0.39, 0.29) is 5.56 Å². The molecule has 1 aliphatic rings. The molecule has 0 saturated carbocycles. The average molecular weight is 264 g/mol. The maximum Gasteiger partial charge on any atom is 0.293 e. The SMILES string of the molecule is CCCn1ccnc(NCCC2CCCNC2)c1=O. The highest BCUT2D eigenvalue weighted by atomic mass is 16.1. The van der Waals surface area contributed by atoms with Crippen LogP contribution >= 0.6 is 0 Å². The summed E-state index contributed by atoms with van der Waals surface area (Å²) in [5, 5.41) is 6.60. The first-order valence-electron chi connectivity index (χ1n) is 7.31. The van der Waals surface area contributed by atoms with Crippen molar-refractivity contribution in [3.05, 3.63) is 22.7 Å². The van der Waals surface area contributed by atoms with Gasteiger partial charge in [-0.1, -0.05) is 6.92 Å². The molecule has 2 rings (SSSR count). The molecule has 0 amide bonds. The van der Waals surface area contributed by atoms with Gasteiger partial charge in [-0.2, -0.15) is 0 Å². The molecule has 19 heavy (non-hydrogen) atoms. The Hall–Kier alpha value is -1.36. The van der Waals surface area contributed by atoms with E-state index in [9.17, 15) is 4.79 Å². The summed E-state index contributed by atoms with van der Waals surface area (Å²) < 4.78 is 1.72. The Morgan fingerprint density at radius 1 is 1.58 bits per heavy atom. The Balaban J connectivity index is 1.85. The predicted molar refractivity (Wildman–Crippen MR) is 77.5 cm³/mol. The molecule has 1 atom stereocenters. The topological polar surface area (TPSA) is 59.0 Å². The Bertz CT molecular complexity index is 437. The van der Waals surface area contributed by atoms with Crippen molar-refractivity contribution in [2.75, 3.05) is 25.0 Å².